The molecule has 186 valence electrons. The molecule has 0 aromatic carbocycles. The molecule has 36 heavy (non-hydrogen) atoms. The van der Waals surface area contributed by atoms with E-state index >= 15 is 0 Å². The molecule has 3 aromatic heterocycles. The Morgan fingerprint density at radius 2 is 1.72 bits per heavy atom. The molecule has 3 atom stereocenters. The quantitative estimate of drug-likeness (QED) is 0.474. The first-order valence-electron chi connectivity index (χ1n) is 11.0. The van der Waals surface area contributed by atoms with Gasteiger partial charge in [0.2, 0.25) is 17.7 Å². The lowest BCUT2D eigenvalue weighted by Crippen LogP contribution is -2.30. The zero-order chi connectivity index (χ0) is 25.5. The maximum absolute atomic E-state index is 14.2. The summed E-state index contributed by atoms with van der Waals surface area (Å²) in [7, 11) is 0. The fraction of sp³-hybridized carbons (Fsp3) is 0.409. The average molecular weight is 503 g/mol. The first-order chi connectivity index (χ1) is 17.2. The Kier molecular flexibility index (Phi) is 5.85. The number of halogens is 5. The van der Waals surface area contributed by atoms with E-state index in [1.807, 2.05) is 0 Å². The van der Waals surface area contributed by atoms with Crippen LogP contribution >= 0.6 is 0 Å². The second-order valence-electron chi connectivity index (χ2n) is 8.61. The second kappa shape index (κ2) is 8.89. The molecular weight excluding hydrogens is 485 g/mol. The minimum absolute atomic E-state index is 0.0170. The van der Waals surface area contributed by atoms with Crippen LogP contribution < -0.4 is 10.6 Å². The van der Waals surface area contributed by atoms with Crippen LogP contribution in [0.4, 0.5) is 39.5 Å². The van der Waals surface area contributed by atoms with Gasteiger partial charge in [0, 0.05) is 18.1 Å². The molecule has 2 fully saturated rings. The van der Waals surface area contributed by atoms with Crippen molar-refractivity contribution >= 4 is 17.6 Å². The van der Waals surface area contributed by atoms with Gasteiger partial charge in [0.05, 0.1) is 23.2 Å². The van der Waals surface area contributed by atoms with E-state index < -0.39 is 35.8 Å². The van der Waals surface area contributed by atoms with Crippen molar-refractivity contribution in [1.29, 1.82) is 5.26 Å². The first-order valence-corrected chi connectivity index (χ1v) is 11.0. The minimum atomic E-state index is -4.79. The van der Waals surface area contributed by atoms with Crippen molar-refractivity contribution in [3.05, 3.63) is 42.1 Å². The van der Waals surface area contributed by atoms with E-state index in [2.05, 4.69) is 46.6 Å². The van der Waals surface area contributed by atoms with Gasteiger partial charge < -0.3 is 10.6 Å². The van der Waals surface area contributed by atoms with Crippen molar-refractivity contribution in [2.75, 3.05) is 10.6 Å². The largest absolute Gasteiger partial charge is 0.451 e. The predicted molar refractivity (Wildman–Crippen MR) is 116 cm³/mol. The van der Waals surface area contributed by atoms with E-state index in [1.165, 1.54) is 12.3 Å². The highest BCUT2D eigenvalue weighted by Crippen LogP contribution is 2.47. The average Bonchev–Trinajstić information content (AvgIpc) is 3.61. The Bertz CT molecular complexity index is 1320. The summed E-state index contributed by atoms with van der Waals surface area (Å²) in [6.07, 6.45) is -4.23. The fourth-order valence-electron chi connectivity index (χ4n) is 3.91. The fourth-order valence-corrected chi connectivity index (χ4v) is 3.91. The first kappa shape index (κ1) is 23.7. The standard InChI is InChI=1S/C22H18F5N9/c23-12-1-2-13(16(12)24)33-20-35-17(14-4-8-30-18(32-14)22(25,26)27)34-19(36-20)31-11-3-7-29-15(9-11)21(10-28)5-6-21/h3-4,7-9,12-13,16H,1-2,5-6H2,(H2,29,31,33,34,35,36). The molecule has 5 rings (SSSR count). The molecule has 2 aliphatic rings. The van der Waals surface area contributed by atoms with E-state index in [9.17, 15) is 27.2 Å². The Morgan fingerprint density at radius 1 is 0.972 bits per heavy atom. The van der Waals surface area contributed by atoms with Crippen LogP contribution in [0.3, 0.4) is 0 Å². The molecule has 3 unspecified atom stereocenters. The summed E-state index contributed by atoms with van der Waals surface area (Å²) in [5, 5.41) is 15.1. The summed E-state index contributed by atoms with van der Waals surface area (Å²) >= 11 is 0. The molecule has 3 heterocycles. The normalized spacial score (nSPS) is 22.6. The van der Waals surface area contributed by atoms with E-state index in [0.29, 0.717) is 24.2 Å². The molecule has 2 aliphatic carbocycles. The Hall–Kier alpha value is -4.02. The van der Waals surface area contributed by atoms with Gasteiger partial charge in [-0.15, -0.1) is 0 Å². The van der Waals surface area contributed by atoms with Crippen molar-refractivity contribution in [3.63, 3.8) is 0 Å². The maximum Gasteiger partial charge on any atom is 0.451 e. The van der Waals surface area contributed by atoms with Gasteiger partial charge in [0.15, 0.2) is 12.0 Å². The number of hydrogen-bond acceptors (Lipinski definition) is 9. The molecule has 2 saturated carbocycles. The van der Waals surface area contributed by atoms with Crippen LogP contribution in [0, 0.1) is 11.3 Å². The molecule has 0 saturated heterocycles. The molecular formula is C22H18F5N9. The summed E-state index contributed by atoms with van der Waals surface area (Å²) in [5.74, 6) is -1.87. The lowest BCUT2D eigenvalue weighted by atomic mass is 10.0. The SMILES string of the molecule is N#CC1(c2cc(Nc3nc(NC4CCC(F)C4F)nc(-c4ccnc(C(F)(F)F)n4)n3)ccn2)CC1. The lowest BCUT2D eigenvalue weighted by Gasteiger charge is -2.17. The molecule has 0 aliphatic heterocycles. The number of nitriles is 1. The number of anilines is 3. The van der Waals surface area contributed by atoms with Crippen LogP contribution in [0.15, 0.2) is 30.6 Å². The van der Waals surface area contributed by atoms with Crippen molar-refractivity contribution in [2.24, 2.45) is 0 Å². The third-order valence-electron chi connectivity index (χ3n) is 6.04. The van der Waals surface area contributed by atoms with Gasteiger partial charge in [-0.25, -0.2) is 18.7 Å². The molecule has 0 amide bonds. The number of pyridine rings is 1. The van der Waals surface area contributed by atoms with Gasteiger partial charge in [0.25, 0.3) is 0 Å². The molecule has 0 bridgehead atoms. The molecule has 3 aromatic rings. The summed E-state index contributed by atoms with van der Waals surface area (Å²) < 4.78 is 67.3. The maximum atomic E-state index is 14.2. The molecule has 9 nitrogen and oxygen atoms in total. The van der Waals surface area contributed by atoms with Gasteiger partial charge in [0.1, 0.15) is 11.9 Å². The Balaban J connectivity index is 1.50. The minimum Gasteiger partial charge on any atom is -0.348 e. The monoisotopic (exact) mass is 503 g/mol. The third-order valence-corrected chi connectivity index (χ3v) is 6.04. The van der Waals surface area contributed by atoms with Crippen LogP contribution in [-0.4, -0.2) is 48.3 Å². The van der Waals surface area contributed by atoms with Crippen LogP contribution in [0.25, 0.3) is 11.5 Å². The van der Waals surface area contributed by atoms with Crippen molar-refractivity contribution in [2.45, 2.75) is 55.7 Å². The third kappa shape index (κ3) is 4.73. The Morgan fingerprint density at radius 3 is 2.39 bits per heavy atom. The van der Waals surface area contributed by atoms with Crippen LogP contribution in [0.5, 0.6) is 0 Å². The predicted octanol–water partition coefficient (Wildman–Crippen LogP) is 4.29. The zero-order valence-corrected chi connectivity index (χ0v) is 18.5. The number of nitrogens with one attached hydrogen (secondary N) is 2. The summed E-state index contributed by atoms with van der Waals surface area (Å²) in [5.41, 5.74) is 0.143. The lowest BCUT2D eigenvalue weighted by molar-refractivity contribution is -0.144. The van der Waals surface area contributed by atoms with Gasteiger partial charge in [-0.1, -0.05) is 0 Å². The molecule has 2 N–H and O–H groups in total. The van der Waals surface area contributed by atoms with E-state index in [-0.39, 0.29) is 36.3 Å². The van der Waals surface area contributed by atoms with Gasteiger partial charge >= 0.3 is 6.18 Å². The topological polar surface area (TPSA) is 125 Å². The van der Waals surface area contributed by atoms with Crippen LogP contribution in [0.2, 0.25) is 0 Å². The highest BCUT2D eigenvalue weighted by atomic mass is 19.4. The van der Waals surface area contributed by atoms with Crippen LogP contribution in [-0.2, 0) is 11.6 Å². The number of alkyl halides is 5. The molecule has 14 heteroatoms. The van der Waals surface area contributed by atoms with Crippen molar-refractivity contribution in [3.8, 4) is 17.6 Å². The van der Waals surface area contributed by atoms with E-state index in [1.54, 1.807) is 12.1 Å². The van der Waals surface area contributed by atoms with Gasteiger partial charge in [-0.2, -0.15) is 33.4 Å². The highest BCUT2D eigenvalue weighted by Gasteiger charge is 2.46. The molecule has 0 radical (unpaired) electrons. The summed E-state index contributed by atoms with van der Waals surface area (Å²) in [4.78, 5) is 23.5. The zero-order valence-electron chi connectivity index (χ0n) is 18.5. The van der Waals surface area contributed by atoms with Crippen LogP contribution in [0.1, 0.15) is 37.2 Å². The summed E-state index contributed by atoms with van der Waals surface area (Å²) in [6.45, 7) is 0. The smallest absolute Gasteiger partial charge is 0.348 e. The highest BCUT2D eigenvalue weighted by molar-refractivity contribution is 5.59. The second-order valence-corrected chi connectivity index (χ2v) is 8.61. The van der Waals surface area contributed by atoms with Gasteiger partial charge in [-0.3, -0.25) is 4.98 Å². The number of hydrogen-bond donors (Lipinski definition) is 2. The van der Waals surface area contributed by atoms with Crippen molar-refractivity contribution < 1.29 is 22.0 Å². The number of aromatic nitrogens is 6. The van der Waals surface area contributed by atoms with E-state index in [4.69, 9.17) is 0 Å². The van der Waals surface area contributed by atoms with Crippen molar-refractivity contribution in [1.82, 2.24) is 29.9 Å². The van der Waals surface area contributed by atoms with Gasteiger partial charge in [-0.05, 0) is 43.9 Å². The summed E-state index contributed by atoms with van der Waals surface area (Å²) in [6, 6.07) is 5.78. The van der Waals surface area contributed by atoms with E-state index in [0.717, 1.165) is 6.20 Å². The number of nitrogens with zero attached hydrogens (tertiary/aromatic N) is 7. The number of rotatable bonds is 6. The molecule has 0 spiro atoms. The Labute approximate surface area is 201 Å².